The molecule has 0 aromatic heterocycles. The number of fused-ring (bicyclic) bond motifs is 3. The molecule has 1 heterocycles. The third-order valence-corrected chi connectivity index (χ3v) is 7.60. The van der Waals surface area contributed by atoms with Crippen molar-refractivity contribution in [1.29, 1.82) is 0 Å². The molecule has 0 saturated heterocycles. The van der Waals surface area contributed by atoms with Gasteiger partial charge in [-0.05, 0) is 67.9 Å². The van der Waals surface area contributed by atoms with Crippen molar-refractivity contribution in [3.8, 4) is 16.9 Å². The lowest BCUT2D eigenvalue weighted by Crippen LogP contribution is -2.39. The first-order valence-corrected chi connectivity index (χ1v) is 13.6. The minimum Gasteiger partial charge on any atom is -0.472 e. The molecule has 5 rings (SSSR count). The van der Waals surface area contributed by atoms with Gasteiger partial charge in [0.1, 0.15) is 5.75 Å². The van der Waals surface area contributed by atoms with Gasteiger partial charge in [0.05, 0.1) is 0 Å². The summed E-state index contributed by atoms with van der Waals surface area (Å²) in [5, 5.41) is 0. The van der Waals surface area contributed by atoms with Crippen LogP contribution in [0.4, 0.5) is 0 Å². The highest BCUT2D eigenvalue weighted by atomic mass is 16.5. The van der Waals surface area contributed by atoms with Crippen molar-refractivity contribution in [2.75, 3.05) is 0 Å². The zero-order chi connectivity index (χ0) is 25.1. The van der Waals surface area contributed by atoms with Crippen molar-refractivity contribution < 1.29 is 4.74 Å². The van der Waals surface area contributed by atoms with Gasteiger partial charge in [-0.2, -0.15) is 0 Å². The molecule has 1 nitrogen and oxygen atoms in total. The van der Waals surface area contributed by atoms with Crippen LogP contribution in [0.25, 0.3) is 11.1 Å². The van der Waals surface area contributed by atoms with E-state index in [4.69, 9.17) is 4.74 Å². The van der Waals surface area contributed by atoms with Crippen molar-refractivity contribution in [2.45, 2.75) is 71.8 Å². The van der Waals surface area contributed by atoms with E-state index in [1.54, 1.807) is 0 Å². The van der Waals surface area contributed by atoms with Crippen LogP contribution < -0.4 is 4.74 Å². The number of benzene rings is 4. The van der Waals surface area contributed by atoms with Crippen LogP contribution in [-0.2, 0) is 18.4 Å². The summed E-state index contributed by atoms with van der Waals surface area (Å²) >= 11 is 0. The lowest BCUT2D eigenvalue weighted by molar-refractivity contribution is 0.152. The highest BCUT2D eigenvalue weighted by molar-refractivity contribution is 5.80. The van der Waals surface area contributed by atoms with Crippen molar-refractivity contribution in [3.05, 3.63) is 124 Å². The lowest BCUT2D eigenvalue weighted by Gasteiger charge is -2.42. The van der Waals surface area contributed by atoms with Crippen LogP contribution >= 0.6 is 0 Å². The molecule has 0 atom stereocenters. The average molecular weight is 475 g/mol. The van der Waals surface area contributed by atoms with Gasteiger partial charge in [0.15, 0.2) is 5.60 Å². The second-order valence-corrected chi connectivity index (χ2v) is 10.4. The van der Waals surface area contributed by atoms with Gasteiger partial charge >= 0.3 is 0 Å². The van der Waals surface area contributed by atoms with Gasteiger partial charge in [0.2, 0.25) is 0 Å². The van der Waals surface area contributed by atoms with Gasteiger partial charge < -0.3 is 4.74 Å². The summed E-state index contributed by atoms with van der Waals surface area (Å²) in [7, 11) is 0. The van der Waals surface area contributed by atoms with Gasteiger partial charge in [-0.1, -0.05) is 111 Å². The van der Waals surface area contributed by atoms with Crippen molar-refractivity contribution in [3.63, 3.8) is 0 Å². The van der Waals surface area contributed by atoms with E-state index in [1.165, 1.54) is 75.8 Å². The van der Waals surface area contributed by atoms with E-state index in [1.807, 2.05) is 0 Å². The fraction of sp³-hybridized carbons (Fsp3) is 0.314. The van der Waals surface area contributed by atoms with E-state index < -0.39 is 5.60 Å². The molecule has 1 heteroatoms. The molecule has 0 fully saturated rings. The Morgan fingerprint density at radius 1 is 0.583 bits per heavy atom. The predicted molar refractivity (Wildman–Crippen MR) is 152 cm³/mol. The molecule has 0 aliphatic carbocycles. The van der Waals surface area contributed by atoms with Crippen LogP contribution in [0.15, 0.2) is 84.9 Å². The Hall–Kier alpha value is -3.32. The molecule has 0 amide bonds. The molecule has 0 N–H and O–H groups in total. The molecule has 4 aromatic rings. The highest BCUT2D eigenvalue weighted by Gasteiger charge is 2.44. The first kappa shape index (κ1) is 24.4. The maximum absolute atomic E-state index is 7.20. The topological polar surface area (TPSA) is 9.23 Å². The van der Waals surface area contributed by atoms with Crippen LogP contribution in [0.2, 0.25) is 0 Å². The Labute approximate surface area is 217 Å². The van der Waals surface area contributed by atoms with Crippen LogP contribution in [0.1, 0.15) is 78.5 Å². The molecular formula is C35H38O. The molecular weight excluding hydrogens is 436 g/mol. The summed E-state index contributed by atoms with van der Waals surface area (Å²) in [6, 6.07) is 31.8. The fourth-order valence-electron chi connectivity index (χ4n) is 5.51. The molecule has 0 bridgehead atoms. The molecule has 184 valence electrons. The molecule has 1 aliphatic rings. The summed E-state index contributed by atoms with van der Waals surface area (Å²) in [6.07, 6.45) is 7.09. The standard InChI is InChI=1S/C35H38O/c1-5-7-9-27-13-17-29(18-14-27)35(30-19-15-28(16-20-30)10-8-6-2)33-23-25(3)11-21-31(33)32-22-12-26(4)24-34(32)36-35/h11-24H,5-10H2,1-4H3. The van der Waals surface area contributed by atoms with Gasteiger partial charge in [-0.3, -0.25) is 0 Å². The van der Waals surface area contributed by atoms with E-state index in [0.717, 1.165) is 18.6 Å². The van der Waals surface area contributed by atoms with Crippen molar-refractivity contribution in [2.24, 2.45) is 0 Å². The van der Waals surface area contributed by atoms with Crippen LogP contribution in [-0.4, -0.2) is 0 Å². The van der Waals surface area contributed by atoms with E-state index in [2.05, 4.69) is 113 Å². The van der Waals surface area contributed by atoms with E-state index >= 15 is 0 Å². The molecule has 0 spiro atoms. The zero-order valence-electron chi connectivity index (χ0n) is 22.2. The number of hydrogen-bond acceptors (Lipinski definition) is 1. The maximum Gasteiger partial charge on any atom is 0.185 e. The minimum atomic E-state index is -0.700. The van der Waals surface area contributed by atoms with Gasteiger partial charge in [0.25, 0.3) is 0 Å². The number of ether oxygens (including phenoxy) is 1. The molecule has 0 unspecified atom stereocenters. The number of aryl methyl sites for hydroxylation is 4. The van der Waals surface area contributed by atoms with Gasteiger partial charge in [-0.15, -0.1) is 0 Å². The van der Waals surface area contributed by atoms with Crippen LogP contribution in [0, 0.1) is 13.8 Å². The monoisotopic (exact) mass is 474 g/mol. The third-order valence-electron chi connectivity index (χ3n) is 7.60. The number of unbranched alkanes of at least 4 members (excludes halogenated alkanes) is 2. The Morgan fingerprint density at radius 2 is 1.08 bits per heavy atom. The molecule has 0 radical (unpaired) electrons. The smallest absolute Gasteiger partial charge is 0.185 e. The Bertz CT molecular complexity index is 1280. The SMILES string of the molecule is CCCCc1ccc(C2(c3ccc(CCCC)cc3)Oc3cc(C)ccc3-c3ccc(C)cc32)cc1. The summed E-state index contributed by atoms with van der Waals surface area (Å²) in [5.74, 6) is 0.955. The quantitative estimate of drug-likeness (QED) is 0.247. The van der Waals surface area contributed by atoms with Crippen molar-refractivity contribution in [1.82, 2.24) is 0 Å². The molecule has 1 aliphatic heterocycles. The number of hydrogen-bond donors (Lipinski definition) is 0. The first-order chi connectivity index (χ1) is 17.5. The third kappa shape index (κ3) is 4.48. The summed E-state index contributed by atoms with van der Waals surface area (Å²) in [4.78, 5) is 0. The summed E-state index contributed by atoms with van der Waals surface area (Å²) in [5.41, 5.74) is 10.6. The van der Waals surface area contributed by atoms with Gasteiger partial charge in [0, 0.05) is 22.3 Å². The zero-order valence-corrected chi connectivity index (χ0v) is 22.2. The van der Waals surface area contributed by atoms with Gasteiger partial charge in [-0.25, -0.2) is 0 Å². The number of rotatable bonds is 8. The van der Waals surface area contributed by atoms with E-state index in [-0.39, 0.29) is 0 Å². The Balaban J connectivity index is 1.73. The summed E-state index contributed by atoms with van der Waals surface area (Å²) < 4.78 is 7.20. The summed E-state index contributed by atoms with van der Waals surface area (Å²) in [6.45, 7) is 8.82. The van der Waals surface area contributed by atoms with E-state index in [9.17, 15) is 0 Å². The second-order valence-electron chi connectivity index (χ2n) is 10.4. The molecule has 36 heavy (non-hydrogen) atoms. The van der Waals surface area contributed by atoms with Crippen LogP contribution in [0.5, 0.6) is 5.75 Å². The average Bonchev–Trinajstić information content (AvgIpc) is 2.90. The lowest BCUT2D eigenvalue weighted by atomic mass is 9.74. The fourth-order valence-corrected chi connectivity index (χ4v) is 5.51. The van der Waals surface area contributed by atoms with Crippen LogP contribution in [0.3, 0.4) is 0 Å². The Morgan fingerprint density at radius 3 is 1.61 bits per heavy atom. The van der Waals surface area contributed by atoms with E-state index in [0.29, 0.717) is 0 Å². The Kier molecular flexibility index (Phi) is 7.01. The predicted octanol–water partition coefficient (Wildman–Crippen LogP) is 9.34. The normalized spacial score (nSPS) is 13.6. The second kappa shape index (κ2) is 10.3. The maximum atomic E-state index is 7.20. The highest BCUT2D eigenvalue weighted by Crippen LogP contribution is 2.52. The molecule has 4 aromatic carbocycles. The minimum absolute atomic E-state index is 0.700. The molecule has 0 saturated carbocycles. The van der Waals surface area contributed by atoms with Crippen molar-refractivity contribution >= 4 is 0 Å². The largest absolute Gasteiger partial charge is 0.472 e. The first-order valence-electron chi connectivity index (χ1n) is 13.6.